The van der Waals surface area contributed by atoms with Gasteiger partial charge in [-0.05, 0) is 42.8 Å². The van der Waals surface area contributed by atoms with Crippen molar-refractivity contribution in [1.82, 2.24) is 4.83 Å². The quantitative estimate of drug-likeness (QED) is 0.446. The fourth-order valence-electron chi connectivity index (χ4n) is 1.97. The minimum Gasteiger partial charge on any atom is -0.493 e. The zero-order valence-corrected chi connectivity index (χ0v) is 14.9. The highest BCUT2D eigenvalue weighted by Crippen LogP contribution is 2.27. The molecule has 2 aromatic carbocycles. The molecule has 2 rings (SSSR count). The Labute approximate surface area is 147 Å². The van der Waals surface area contributed by atoms with Crippen molar-refractivity contribution >= 4 is 16.2 Å². The van der Waals surface area contributed by atoms with E-state index in [1.165, 1.54) is 25.5 Å². The van der Waals surface area contributed by atoms with Gasteiger partial charge in [-0.2, -0.15) is 13.5 Å². The molecule has 0 saturated carbocycles. The average molecular weight is 360 g/mol. The second kappa shape index (κ2) is 8.34. The maximum Gasteiger partial charge on any atom is 0.276 e. The normalized spacial score (nSPS) is 11.3. The summed E-state index contributed by atoms with van der Waals surface area (Å²) >= 11 is 0. The first kappa shape index (κ1) is 18.5. The molecule has 1 N–H and O–H groups in total. The number of rotatable bonds is 8. The number of benzene rings is 2. The van der Waals surface area contributed by atoms with Gasteiger partial charge in [-0.3, -0.25) is 0 Å². The largest absolute Gasteiger partial charge is 0.493 e. The molecule has 2 aromatic rings. The number of hydrogen-bond donors (Lipinski definition) is 1. The van der Waals surface area contributed by atoms with Gasteiger partial charge in [-0.1, -0.05) is 30.4 Å². The first-order valence-corrected chi connectivity index (χ1v) is 8.98. The van der Waals surface area contributed by atoms with Crippen LogP contribution in [0, 0.1) is 6.92 Å². The summed E-state index contributed by atoms with van der Waals surface area (Å²) in [4.78, 5) is 2.34. The van der Waals surface area contributed by atoms with Crippen molar-refractivity contribution in [1.29, 1.82) is 0 Å². The monoisotopic (exact) mass is 360 g/mol. The molecule has 0 spiro atoms. The summed E-state index contributed by atoms with van der Waals surface area (Å²) in [5.41, 5.74) is 1.64. The van der Waals surface area contributed by atoms with Gasteiger partial charge in [0.15, 0.2) is 11.5 Å². The van der Waals surface area contributed by atoms with Gasteiger partial charge in [0.2, 0.25) is 0 Å². The van der Waals surface area contributed by atoms with E-state index in [9.17, 15) is 8.42 Å². The van der Waals surface area contributed by atoms with E-state index in [0.29, 0.717) is 23.7 Å². The maximum absolute atomic E-state index is 12.2. The van der Waals surface area contributed by atoms with Crippen molar-refractivity contribution in [2.45, 2.75) is 11.8 Å². The molecule has 0 aliphatic heterocycles. The number of sulfonamides is 1. The van der Waals surface area contributed by atoms with E-state index >= 15 is 0 Å². The van der Waals surface area contributed by atoms with Gasteiger partial charge in [-0.25, -0.2) is 4.83 Å². The number of nitrogens with zero attached hydrogens (tertiary/aromatic N) is 1. The van der Waals surface area contributed by atoms with Crippen molar-refractivity contribution < 1.29 is 17.9 Å². The van der Waals surface area contributed by atoms with E-state index in [4.69, 9.17) is 9.47 Å². The molecule has 0 fully saturated rings. The van der Waals surface area contributed by atoms with Crippen LogP contribution in [0.5, 0.6) is 11.5 Å². The van der Waals surface area contributed by atoms with Crippen LogP contribution in [0.1, 0.15) is 11.1 Å². The summed E-state index contributed by atoms with van der Waals surface area (Å²) in [6.45, 7) is 5.84. The second-order valence-electron chi connectivity index (χ2n) is 5.18. The lowest BCUT2D eigenvalue weighted by Crippen LogP contribution is -2.18. The maximum atomic E-state index is 12.2. The van der Waals surface area contributed by atoms with Gasteiger partial charge in [0.1, 0.15) is 6.61 Å². The van der Waals surface area contributed by atoms with Crippen molar-refractivity contribution in [3.8, 4) is 11.5 Å². The Balaban J connectivity index is 2.11. The summed E-state index contributed by atoms with van der Waals surface area (Å²) in [7, 11) is -2.17. The number of hydrogen-bond acceptors (Lipinski definition) is 5. The van der Waals surface area contributed by atoms with E-state index in [1.54, 1.807) is 36.4 Å². The van der Waals surface area contributed by atoms with Crippen LogP contribution in [0.15, 0.2) is 65.1 Å². The predicted octanol–water partition coefficient (Wildman–Crippen LogP) is 2.88. The molecule has 132 valence electrons. The standard InChI is InChI=1S/C18H20N2O4S/c1-4-11-24-17-10-7-15(12-18(17)23-3)13-19-20-25(21,22)16-8-5-14(2)6-9-16/h4-10,12-13,20H,1,11H2,2-3H3/b19-13+. The van der Waals surface area contributed by atoms with Gasteiger partial charge in [0.05, 0.1) is 18.2 Å². The van der Waals surface area contributed by atoms with Gasteiger partial charge < -0.3 is 9.47 Å². The Morgan fingerprint density at radius 1 is 1.16 bits per heavy atom. The lowest BCUT2D eigenvalue weighted by Gasteiger charge is -2.09. The van der Waals surface area contributed by atoms with Crippen LogP contribution in [-0.4, -0.2) is 28.3 Å². The first-order valence-electron chi connectivity index (χ1n) is 7.49. The van der Waals surface area contributed by atoms with Crippen molar-refractivity contribution in [2.24, 2.45) is 5.10 Å². The summed E-state index contributed by atoms with van der Waals surface area (Å²) in [5, 5.41) is 3.80. The third kappa shape index (κ3) is 5.09. The zero-order valence-electron chi connectivity index (χ0n) is 14.1. The third-order valence-electron chi connectivity index (χ3n) is 3.26. The lowest BCUT2D eigenvalue weighted by atomic mass is 10.2. The Morgan fingerprint density at radius 3 is 2.52 bits per heavy atom. The minimum atomic E-state index is -3.70. The molecule has 7 heteroatoms. The topological polar surface area (TPSA) is 77.0 Å². The van der Waals surface area contributed by atoms with Crippen molar-refractivity contribution in [2.75, 3.05) is 13.7 Å². The van der Waals surface area contributed by atoms with Crippen LogP contribution < -0.4 is 14.3 Å². The summed E-state index contributed by atoms with van der Waals surface area (Å²) in [6.07, 6.45) is 3.03. The van der Waals surface area contributed by atoms with Crippen molar-refractivity contribution in [3.63, 3.8) is 0 Å². The van der Waals surface area contributed by atoms with Crippen LogP contribution >= 0.6 is 0 Å². The number of nitrogens with one attached hydrogen (secondary N) is 1. The van der Waals surface area contributed by atoms with Crippen LogP contribution in [-0.2, 0) is 10.0 Å². The molecule has 0 saturated heterocycles. The highest BCUT2D eigenvalue weighted by Gasteiger charge is 2.12. The number of methoxy groups -OCH3 is 1. The molecule has 25 heavy (non-hydrogen) atoms. The van der Waals surface area contributed by atoms with Crippen LogP contribution in [0.4, 0.5) is 0 Å². The van der Waals surface area contributed by atoms with Gasteiger partial charge in [0.25, 0.3) is 10.0 Å². The molecule has 0 amide bonds. The fourth-order valence-corrected chi connectivity index (χ4v) is 2.76. The highest BCUT2D eigenvalue weighted by atomic mass is 32.2. The Kier molecular flexibility index (Phi) is 6.19. The van der Waals surface area contributed by atoms with Crippen LogP contribution in [0.25, 0.3) is 0 Å². The molecular formula is C18H20N2O4S. The lowest BCUT2D eigenvalue weighted by molar-refractivity contribution is 0.326. The van der Waals surface area contributed by atoms with E-state index in [2.05, 4.69) is 16.5 Å². The zero-order chi connectivity index (χ0) is 18.3. The molecule has 6 nitrogen and oxygen atoms in total. The van der Waals surface area contributed by atoms with Crippen LogP contribution in [0.2, 0.25) is 0 Å². The number of hydrazone groups is 1. The molecule has 0 unspecified atom stereocenters. The van der Waals surface area contributed by atoms with E-state index in [0.717, 1.165) is 5.56 Å². The molecule has 0 atom stereocenters. The molecule has 0 heterocycles. The summed E-state index contributed by atoms with van der Waals surface area (Å²) in [6, 6.07) is 11.7. The Morgan fingerprint density at radius 2 is 1.88 bits per heavy atom. The fraction of sp³-hybridized carbons (Fsp3) is 0.167. The smallest absolute Gasteiger partial charge is 0.276 e. The molecule has 0 bridgehead atoms. The first-order chi connectivity index (χ1) is 12.0. The SMILES string of the molecule is C=CCOc1ccc(/C=N/NS(=O)(=O)c2ccc(C)cc2)cc1OC. The second-order valence-corrected chi connectivity index (χ2v) is 6.84. The van der Waals surface area contributed by atoms with Crippen LogP contribution in [0.3, 0.4) is 0 Å². The Hall–Kier alpha value is -2.80. The summed E-state index contributed by atoms with van der Waals surface area (Å²) < 4.78 is 35.0. The van der Waals surface area contributed by atoms with Gasteiger partial charge >= 0.3 is 0 Å². The minimum absolute atomic E-state index is 0.154. The van der Waals surface area contributed by atoms with Crippen molar-refractivity contribution in [3.05, 3.63) is 66.2 Å². The molecular weight excluding hydrogens is 340 g/mol. The summed E-state index contributed by atoms with van der Waals surface area (Å²) in [5.74, 6) is 1.09. The molecule has 0 radical (unpaired) electrons. The van der Waals surface area contributed by atoms with E-state index in [-0.39, 0.29) is 4.90 Å². The number of aryl methyl sites for hydroxylation is 1. The van der Waals surface area contributed by atoms with Gasteiger partial charge in [0, 0.05) is 0 Å². The molecule has 0 aliphatic rings. The third-order valence-corrected chi connectivity index (χ3v) is 4.50. The van der Waals surface area contributed by atoms with Gasteiger partial charge in [-0.15, -0.1) is 0 Å². The Bertz CT molecular complexity index is 859. The van der Waals surface area contributed by atoms with E-state index in [1.807, 2.05) is 6.92 Å². The van der Waals surface area contributed by atoms with E-state index < -0.39 is 10.0 Å². The predicted molar refractivity (Wildman–Crippen MR) is 97.8 cm³/mol. The number of ether oxygens (including phenoxy) is 2. The highest BCUT2D eigenvalue weighted by molar-refractivity contribution is 7.89. The molecule has 0 aromatic heterocycles. The molecule has 0 aliphatic carbocycles. The average Bonchev–Trinajstić information content (AvgIpc) is 2.60.